The van der Waals surface area contributed by atoms with Gasteiger partial charge < -0.3 is 4.74 Å². The Balaban J connectivity index is 1.25. The fourth-order valence-corrected chi connectivity index (χ4v) is 5.57. The number of ether oxygens (including phenoxy) is 1. The first-order valence-corrected chi connectivity index (χ1v) is 13.6. The molecule has 42 heavy (non-hydrogen) atoms. The number of alkyl halides is 2. The Morgan fingerprint density at radius 3 is 2.31 bits per heavy atom. The second-order valence-electron chi connectivity index (χ2n) is 10.2. The van der Waals surface area contributed by atoms with Gasteiger partial charge in [-0.3, -0.25) is 4.57 Å². The van der Waals surface area contributed by atoms with Gasteiger partial charge in [0.1, 0.15) is 30.7 Å². The van der Waals surface area contributed by atoms with Crippen LogP contribution in [0.3, 0.4) is 0 Å². The molecule has 0 spiro atoms. The summed E-state index contributed by atoms with van der Waals surface area (Å²) in [4.78, 5) is 4.66. The van der Waals surface area contributed by atoms with Gasteiger partial charge in [0, 0.05) is 40.9 Å². The number of aryl methyl sites for hydroxylation is 1. The summed E-state index contributed by atoms with van der Waals surface area (Å²) in [6.07, 6.45) is 5.24. The molecular formula is C35H26F2N4O. The summed E-state index contributed by atoms with van der Waals surface area (Å²) in [6.45, 7) is 0.699. The number of hydrogen-bond acceptors (Lipinski definition) is 3. The van der Waals surface area contributed by atoms with E-state index in [1.54, 1.807) is 35.3 Å². The van der Waals surface area contributed by atoms with Crippen molar-refractivity contribution in [3.05, 3.63) is 132 Å². The topological polar surface area (TPSA) is 44.9 Å². The van der Waals surface area contributed by atoms with Crippen LogP contribution >= 0.6 is 0 Å². The summed E-state index contributed by atoms with van der Waals surface area (Å²) < 4.78 is 37.6. The third-order valence-corrected chi connectivity index (χ3v) is 7.49. The minimum atomic E-state index is -0.680. The predicted molar refractivity (Wildman–Crippen MR) is 162 cm³/mol. The van der Waals surface area contributed by atoms with Gasteiger partial charge in [-0.25, -0.2) is 18.4 Å². The molecule has 0 aliphatic carbocycles. The Hall–Kier alpha value is -5.30. The minimum Gasteiger partial charge on any atom is -0.457 e. The van der Waals surface area contributed by atoms with Crippen LogP contribution < -0.4 is 4.74 Å². The summed E-state index contributed by atoms with van der Waals surface area (Å²) in [7, 11) is 0. The van der Waals surface area contributed by atoms with Crippen molar-refractivity contribution in [2.45, 2.75) is 20.3 Å². The molecule has 4 aromatic carbocycles. The number of fused-ring (bicyclic) bond motifs is 3. The SMILES string of the molecule is Cc1ccnc(-n2c3ccccc3c3ccc(Oc4cccc(-n5cc(-c6c(CF)cccc6CF)cn5)c4)cc32)c1. The Morgan fingerprint density at radius 1 is 0.738 bits per heavy atom. The Morgan fingerprint density at radius 2 is 1.50 bits per heavy atom. The first-order chi connectivity index (χ1) is 20.6. The van der Waals surface area contributed by atoms with Crippen molar-refractivity contribution >= 4 is 21.8 Å². The average Bonchev–Trinajstić information content (AvgIpc) is 3.64. The van der Waals surface area contributed by atoms with Gasteiger partial charge in [0.2, 0.25) is 0 Å². The molecule has 0 aliphatic rings. The Kier molecular flexibility index (Phi) is 6.47. The van der Waals surface area contributed by atoms with Crippen LogP contribution in [-0.2, 0) is 13.3 Å². The predicted octanol–water partition coefficient (Wildman–Crippen LogP) is 9.07. The van der Waals surface area contributed by atoms with Gasteiger partial charge in [0.15, 0.2) is 0 Å². The Labute approximate surface area is 241 Å². The van der Waals surface area contributed by atoms with Gasteiger partial charge in [-0.15, -0.1) is 0 Å². The third-order valence-electron chi connectivity index (χ3n) is 7.49. The molecular weight excluding hydrogens is 530 g/mol. The molecule has 0 radical (unpaired) electrons. The lowest BCUT2D eigenvalue weighted by Gasteiger charge is -2.11. The third kappa shape index (κ3) is 4.49. The molecule has 0 unspecified atom stereocenters. The normalized spacial score (nSPS) is 11.4. The molecule has 7 heteroatoms. The molecule has 3 heterocycles. The van der Waals surface area contributed by atoms with Crippen molar-refractivity contribution in [3.8, 4) is 34.1 Å². The highest BCUT2D eigenvalue weighted by Crippen LogP contribution is 2.35. The number of halogens is 2. The zero-order valence-electron chi connectivity index (χ0n) is 22.8. The number of para-hydroxylation sites is 1. The van der Waals surface area contributed by atoms with Gasteiger partial charge in [-0.05, 0) is 71.6 Å². The lowest BCUT2D eigenvalue weighted by Crippen LogP contribution is -1.97. The van der Waals surface area contributed by atoms with E-state index in [0.29, 0.717) is 33.8 Å². The molecule has 7 rings (SSSR count). The van der Waals surface area contributed by atoms with Crippen LogP contribution in [-0.4, -0.2) is 19.3 Å². The van der Waals surface area contributed by atoms with Crippen LogP contribution in [0.1, 0.15) is 16.7 Å². The maximum Gasteiger partial charge on any atom is 0.137 e. The molecule has 206 valence electrons. The van der Waals surface area contributed by atoms with Crippen LogP contribution in [0, 0.1) is 6.92 Å². The van der Waals surface area contributed by atoms with Crippen molar-refractivity contribution in [1.29, 1.82) is 0 Å². The van der Waals surface area contributed by atoms with Crippen LogP contribution in [0.15, 0.2) is 116 Å². The zero-order valence-corrected chi connectivity index (χ0v) is 22.8. The van der Waals surface area contributed by atoms with Crippen molar-refractivity contribution < 1.29 is 13.5 Å². The fraction of sp³-hybridized carbons (Fsp3) is 0.0857. The Bertz CT molecular complexity index is 2060. The standard InChI is InChI=1S/C35H26F2N4O/c1-23-14-15-38-34(16-23)41-32-11-3-2-10-30(32)31-13-12-29(18-33(31)41)42-28-9-5-8-27(17-28)40-22-26(21-39-40)35-24(19-36)6-4-7-25(35)20-37/h2-18,21-22H,19-20H2,1H3. The molecule has 5 nitrogen and oxygen atoms in total. The molecule has 0 aliphatic heterocycles. The van der Waals surface area contributed by atoms with Crippen LogP contribution in [0.4, 0.5) is 8.78 Å². The van der Waals surface area contributed by atoms with Crippen LogP contribution in [0.25, 0.3) is 44.4 Å². The molecule has 0 atom stereocenters. The van der Waals surface area contributed by atoms with E-state index in [1.165, 1.54) is 0 Å². The quantitative estimate of drug-likeness (QED) is 0.197. The maximum atomic E-state index is 13.7. The minimum absolute atomic E-state index is 0.440. The number of nitrogens with zero attached hydrogens (tertiary/aromatic N) is 4. The van der Waals surface area contributed by atoms with Gasteiger partial charge >= 0.3 is 0 Å². The van der Waals surface area contributed by atoms with E-state index in [2.05, 4.69) is 45.8 Å². The summed E-state index contributed by atoms with van der Waals surface area (Å²) in [6, 6.07) is 31.0. The highest BCUT2D eigenvalue weighted by atomic mass is 19.1. The molecule has 3 aromatic heterocycles. The number of hydrogen-bond donors (Lipinski definition) is 0. The molecule has 0 saturated heterocycles. The highest BCUT2D eigenvalue weighted by molar-refractivity contribution is 6.09. The average molecular weight is 557 g/mol. The first-order valence-electron chi connectivity index (χ1n) is 13.6. The van der Waals surface area contributed by atoms with Crippen molar-refractivity contribution in [1.82, 2.24) is 19.3 Å². The number of aromatic nitrogens is 4. The largest absolute Gasteiger partial charge is 0.457 e. The lowest BCUT2D eigenvalue weighted by molar-refractivity contribution is 0.476. The van der Waals surface area contributed by atoms with Gasteiger partial charge in [-0.1, -0.05) is 42.5 Å². The van der Waals surface area contributed by atoms with E-state index in [0.717, 1.165) is 38.9 Å². The summed E-state index contributed by atoms with van der Waals surface area (Å²) in [5.41, 5.74) is 6.05. The van der Waals surface area contributed by atoms with Crippen molar-refractivity contribution in [2.75, 3.05) is 0 Å². The van der Waals surface area contributed by atoms with E-state index < -0.39 is 13.3 Å². The van der Waals surface area contributed by atoms with Crippen molar-refractivity contribution in [3.63, 3.8) is 0 Å². The zero-order chi connectivity index (χ0) is 28.6. The van der Waals surface area contributed by atoms with Crippen molar-refractivity contribution in [2.24, 2.45) is 0 Å². The van der Waals surface area contributed by atoms with E-state index in [1.807, 2.05) is 60.8 Å². The van der Waals surface area contributed by atoms with E-state index in [9.17, 15) is 8.78 Å². The highest BCUT2D eigenvalue weighted by Gasteiger charge is 2.16. The van der Waals surface area contributed by atoms with Gasteiger partial charge in [0.05, 0.1) is 22.9 Å². The molecule has 0 amide bonds. The molecule has 0 N–H and O–H groups in total. The van der Waals surface area contributed by atoms with Gasteiger partial charge in [-0.2, -0.15) is 5.10 Å². The first kappa shape index (κ1) is 25.7. The van der Waals surface area contributed by atoms with Crippen LogP contribution in [0.5, 0.6) is 11.5 Å². The molecule has 0 saturated carbocycles. The lowest BCUT2D eigenvalue weighted by atomic mass is 9.97. The molecule has 7 aromatic rings. The molecule has 0 bridgehead atoms. The van der Waals surface area contributed by atoms with E-state index in [-0.39, 0.29) is 0 Å². The summed E-state index contributed by atoms with van der Waals surface area (Å²) >= 11 is 0. The maximum absolute atomic E-state index is 13.7. The fourth-order valence-electron chi connectivity index (χ4n) is 5.57. The van der Waals surface area contributed by atoms with Crippen LogP contribution in [0.2, 0.25) is 0 Å². The second-order valence-corrected chi connectivity index (χ2v) is 10.2. The second kappa shape index (κ2) is 10.6. The smallest absolute Gasteiger partial charge is 0.137 e. The summed E-state index contributed by atoms with van der Waals surface area (Å²) in [5.74, 6) is 2.16. The van der Waals surface area contributed by atoms with E-state index >= 15 is 0 Å². The summed E-state index contributed by atoms with van der Waals surface area (Å²) in [5, 5.41) is 6.74. The van der Waals surface area contributed by atoms with Gasteiger partial charge in [0.25, 0.3) is 0 Å². The number of rotatable bonds is 7. The number of benzene rings is 4. The number of pyridine rings is 1. The monoisotopic (exact) mass is 556 g/mol. The van der Waals surface area contributed by atoms with E-state index in [4.69, 9.17) is 4.74 Å². The molecule has 0 fully saturated rings.